The molecule has 1 atom stereocenters. The smallest absolute Gasteiger partial charge is 0.145 e. The van der Waals surface area contributed by atoms with Crippen LogP contribution < -0.4 is 0 Å². The molecule has 0 saturated heterocycles. The van der Waals surface area contributed by atoms with Crippen LogP contribution in [0.4, 0.5) is 4.39 Å². The van der Waals surface area contributed by atoms with Crippen molar-refractivity contribution in [1.29, 1.82) is 0 Å². The first-order valence-corrected chi connectivity index (χ1v) is 13.7. The number of alkyl halides is 1. The second kappa shape index (κ2) is 12.9. The molecule has 37 heavy (non-hydrogen) atoms. The summed E-state index contributed by atoms with van der Waals surface area (Å²) < 4.78 is 14.6. The number of benzene rings is 3. The van der Waals surface area contributed by atoms with Crippen LogP contribution in [0.5, 0.6) is 0 Å². The van der Waals surface area contributed by atoms with E-state index in [-0.39, 0.29) is 5.92 Å². The number of hydrogen-bond acceptors (Lipinski definition) is 1. The standard InChI is InChI=1S/C24H20N2.C6H13F.C4H10/c1-15-11-12-21-20(13-15)18-9-4-5-10-19(18)24-25-14-22(26(21)24)23-16(2)7-6-8-17(23)3;1-4-6(7)5(2)3;1-3-4-2/h4-14H,1-3H3;5-6H,4H2,1-3H3;3-4H2,1-2H3/t;6-;/m.0./s1. The maximum absolute atomic E-state index is 12.3. The third kappa shape index (κ3) is 6.21. The molecule has 0 aliphatic rings. The molecule has 3 aromatic carbocycles. The second-order valence-corrected chi connectivity index (χ2v) is 10.3. The molecule has 0 saturated carbocycles. The number of aromatic nitrogens is 2. The lowest BCUT2D eigenvalue weighted by Crippen LogP contribution is -2.05. The summed E-state index contributed by atoms with van der Waals surface area (Å²) in [7, 11) is 0. The summed E-state index contributed by atoms with van der Waals surface area (Å²) in [6.07, 6.45) is 4.72. The van der Waals surface area contributed by atoms with Gasteiger partial charge in [0.25, 0.3) is 0 Å². The first kappa shape index (κ1) is 28.4. The Hall–Kier alpha value is -3.20. The topological polar surface area (TPSA) is 17.3 Å². The number of fused-ring (bicyclic) bond motifs is 6. The van der Waals surface area contributed by atoms with Crippen LogP contribution in [0.15, 0.2) is 66.9 Å². The largest absolute Gasteiger partial charge is 0.292 e. The molecule has 0 radical (unpaired) electrons. The number of rotatable bonds is 4. The van der Waals surface area contributed by atoms with Crippen molar-refractivity contribution in [3.63, 3.8) is 0 Å². The van der Waals surface area contributed by atoms with Crippen molar-refractivity contribution in [3.05, 3.63) is 83.6 Å². The molecule has 2 nitrogen and oxygen atoms in total. The van der Waals surface area contributed by atoms with Crippen LogP contribution in [0.1, 0.15) is 70.6 Å². The molecule has 0 aliphatic carbocycles. The van der Waals surface area contributed by atoms with Crippen molar-refractivity contribution in [2.24, 2.45) is 5.92 Å². The third-order valence-electron chi connectivity index (χ3n) is 6.96. The van der Waals surface area contributed by atoms with Gasteiger partial charge in [-0.05, 0) is 61.8 Å². The van der Waals surface area contributed by atoms with E-state index >= 15 is 0 Å². The van der Waals surface area contributed by atoms with Crippen LogP contribution in [0.2, 0.25) is 0 Å². The van der Waals surface area contributed by atoms with Crippen LogP contribution >= 0.6 is 0 Å². The first-order chi connectivity index (χ1) is 17.7. The van der Waals surface area contributed by atoms with E-state index in [2.05, 4.69) is 99.7 Å². The minimum atomic E-state index is -0.597. The van der Waals surface area contributed by atoms with Crippen LogP contribution in [-0.2, 0) is 0 Å². The van der Waals surface area contributed by atoms with Gasteiger partial charge in [-0.2, -0.15) is 0 Å². The minimum Gasteiger partial charge on any atom is -0.292 e. The lowest BCUT2D eigenvalue weighted by Gasteiger charge is -2.14. The van der Waals surface area contributed by atoms with Gasteiger partial charge < -0.3 is 0 Å². The van der Waals surface area contributed by atoms with E-state index in [0.29, 0.717) is 6.42 Å². The predicted octanol–water partition coefficient (Wildman–Crippen LogP) is 10.4. The minimum absolute atomic E-state index is 0.199. The number of aryl methyl sites for hydroxylation is 3. The molecule has 0 N–H and O–H groups in total. The lowest BCUT2D eigenvalue weighted by molar-refractivity contribution is 0.248. The van der Waals surface area contributed by atoms with Crippen molar-refractivity contribution in [2.75, 3.05) is 0 Å². The highest BCUT2D eigenvalue weighted by molar-refractivity contribution is 6.12. The zero-order chi connectivity index (χ0) is 27.1. The lowest BCUT2D eigenvalue weighted by atomic mass is 9.99. The monoisotopic (exact) mass is 498 g/mol. The Morgan fingerprint density at radius 2 is 1.41 bits per heavy atom. The van der Waals surface area contributed by atoms with Crippen molar-refractivity contribution in [3.8, 4) is 11.3 Å². The average Bonchev–Trinajstić information content (AvgIpc) is 3.33. The number of nitrogens with zero attached hydrogens (tertiary/aromatic N) is 2. The predicted molar refractivity (Wildman–Crippen MR) is 160 cm³/mol. The van der Waals surface area contributed by atoms with Crippen molar-refractivity contribution >= 4 is 27.3 Å². The summed E-state index contributed by atoms with van der Waals surface area (Å²) in [6.45, 7) is 16.5. The van der Waals surface area contributed by atoms with Gasteiger partial charge in [0, 0.05) is 16.3 Å². The molecule has 0 spiro atoms. The van der Waals surface area contributed by atoms with E-state index in [1.54, 1.807) is 0 Å². The van der Waals surface area contributed by atoms with Gasteiger partial charge in [-0.1, -0.05) is 102 Å². The third-order valence-corrected chi connectivity index (χ3v) is 6.96. The van der Waals surface area contributed by atoms with Crippen molar-refractivity contribution in [1.82, 2.24) is 9.38 Å². The molecule has 2 aromatic heterocycles. The zero-order valence-electron chi connectivity index (χ0n) is 23.9. The Labute approximate surface area is 222 Å². The highest BCUT2D eigenvalue weighted by atomic mass is 19.1. The Kier molecular flexibility index (Phi) is 9.86. The van der Waals surface area contributed by atoms with Gasteiger partial charge in [0.1, 0.15) is 11.8 Å². The van der Waals surface area contributed by atoms with Gasteiger partial charge in [0.15, 0.2) is 0 Å². The summed E-state index contributed by atoms with van der Waals surface area (Å²) in [4.78, 5) is 4.84. The maximum Gasteiger partial charge on any atom is 0.145 e. The van der Waals surface area contributed by atoms with Gasteiger partial charge in [-0.25, -0.2) is 9.37 Å². The van der Waals surface area contributed by atoms with Gasteiger partial charge in [0.2, 0.25) is 0 Å². The number of halogens is 1. The van der Waals surface area contributed by atoms with Crippen molar-refractivity contribution in [2.45, 2.75) is 80.8 Å². The quantitative estimate of drug-likeness (QED) is 0.225. The average molecular weight is 499 g/mol. The molecule has 0 amide bonds. The molecule has 5 rings (SSSR count). The number of imidazole rings is 1. The van der Waals surface area contributed by atoms with Gasteiger partial charge in [0.05, 0.1) is 17.4 Å². The first-order valence-electron chi connectivity index (χ1n) is 13.7. The van der Waals surface area contributed by atoms with Gasteiger partial charge in [-0.3, -0.25) is 4.40 Å². The number of pyridine rings is 1. The van der Waals surface area contributed by atoms with Crippen LogP contribution in [0.3, 0.4) is 0 Å². The highest BCUT2D eigenvalue weighted by Crippen LogP contribution is 2.35. The van der Waals surface area contributed by atoms with E-state index in [9.17, 15) is 4.39 Å². The van der Waals surface area contributed by atoms with Gasteiger partial charge >= 0.3 is 0 Å². The summed E-state index contributed by atoms with van der Waals surface area (Å²) in [5.41, 5.74) is 8.50. The second-order valence-electron chi connectivity index (χ2n) is 10.3. The Balaban J connectivity index is 0.000000294. The normalized spacial score (nSPS) is 11.8. The highest BCUT2D eigenvalue weighted by Gasteiger charge is 2.16. The molecular weight excluding hydrogens is 455 g/mol. The Bertz CT molecular complexity index is 1440. The molecule has 0 unspecified atom stereocenters. The summed E-state index contributed by atoms with van der Waals surface area (Å²) in [5.74, 6) is 0.199. The molecule has 5 aromatic rings. The van der Waals surface area contributed by atoms with Gasteiger partial charge in [-0.15, -0.1) is 0 Å². The fourth-order valence-electron chi connectivity index (χ4n) is 4.63. The summed E-state index contributed by atoms with van der Waals surface area (Å²) >= 11 is 0. The molecule has 196 valence electrons. The number of hydrogen-bond donors (Lipinski definition) is 0. The molecule has 2 heterocycles. The fraction of sp³-hybridized carbons (Fsp3) is 0.382. The van der Waals surface area contributed by atoms with E-state index < -0.39 is 6.17 Å². The number of unbranched alkanes of at least 4 members (excludes halogenated alkanes) is 1. The summed E-state index contributed by atoms with van der Waals surface area (Å²) in [6, 6.07) is 21.7. The van der Waals surface area contributed by atoms with E-state index in [0.717, 1.165) is 11.3 Å². The molecule has 0 fully saturated rings. The van der Waals surface area contributed by atoms with Crippen molar-refractivity contribution < 1.29 is 4.39 Å². The fourth-order valence-corrected chi connectivity index (χ4v) is 4.63. The zero-order valence-corrected chi connectivity index (χ0v) is 23.9. The molecule has 0 aliphatic heterocycles. The van der Waals surface area contributed by atoms with E-state index in [1.165, 1.54) is 56.8 Å². The SMILES string of the molecule is CCCC.CC[C@H](F)C(C)C.Cc1ccc2c(c1)c1ccccc1c1ncc(-c3c(C)cccc3C)n21. The summed E-state index contributed by atoms with van der Waals surface area (Å²) in [5, 5.41) is 3.74. The molecule has 0 bridgehead atoms. The van der Waals surface area contributed by atoms with Crippen LogP contribution in [-0.4, -0.2) is 15.6 Å². The Morgan fingerprint density at radius 1 is 0.784 bits per heavy atom. The molecular formula is C34H43FN2. The Morgan fingerprint density at radius 3 is 1.95 bits per heavy atom. The maximum atomic E-state index is 12.3. The van der Waals surface area contributed by atoms with E-state index in [1.807, 2.05) is 27.0 Å². The van der Waals surface area contributed by atoms with Crippen LogP contribution in [0.25, 0.3) is 38.6 Å². The van der Waals surface area contributed by atoms with E-state index in [4.69, 9.17) is 4.98 Å². The molecule has 3 heteroatoms. The van der Waals surface area contributed by atoms with Crippen LogP contribution in [0, 0.1) is 26.7 Å².